The Morgan fingerprint density at radius 2 is 2.25 bits per heavy atom. The van der Waals surface area contributed by atoms with Crippen LogP contribution in [0.15, 0.2) is 18.2 Å². The van der Waals surface area contributed by atoms with Gasteiger partial charge in [0.15, 0.2) is 0 Å². The molecule has 2 rings (SSSR count). The third-order valence-electron chi connectivity index (χ3n) is 3.23. The van der Waals surface area contributed by atoms with Crippen molar-refractivity contribution in [2.75, 3.05) is 13.7 Å². The number of aryl methyl sites for hydroxylation is 1. The minimum Gasteiger partial charge on any atom is -0.497 e. The van der Waals surface area contributed by atoms with E-state index in [9.17, 15) is 4.79 Å². The molecule has 0 spiro atoms. The maximum Gasteiger partial charge on any atom is 0.261 e. The van der Waals surface area contributed by atoms with Crippen LogP contribution < -0.4 is 15.8 Å². The quantitative estimate of drug-likeness (QED) is 0.890. The van der Waals surface area contributed by atoms with Crippen molar-refractivity contribution in [1.82, 2.24) is 5.32 Å². The van der Waals surface area contributed by atoms with Crippen LogP contribution >= 0.6 is 11.3 Å². The van der Waals surface area contributed by atoms with Crippen LogP contribution in [0.4, 0.5) is 0 Å². The molecule has 0 radical (unpaired) electrons. The second-order valence-electron chi connectivity index (χ2n) is 4.94. The van der Waals surface area contributed by atoms with Crippen LogP contribution in [0.1, 0.15) is 28.6 Å². The molecule has 0 aliphatic rings. The lowest BCUT2D eigenvalue weighted by Gasteiger charge is -2.06. The Bertz CT molecular complexity index is 620. The van der Waals surface area contributed by atoms with Crippen LogP contribution in [0, 0.1) is 6.92 Å². The van der Waals surface area contributed by atoms with Gasteiger partial charge in [-0.15, -0.1) is 11.3 Å². The van der Waals surface area contributed by atoms with Crippen LogP contribution in [-0.2, 0) is 0 Å². The van der Waals surface area contributed by atoms with Crippen LogP contribution in [0.5, 0.6) is 5.75 Å². The lowest BCUT2D eigenvalue weighted by molar-refractivity contribution is 0.0956. The SMILES string of the molecule is COc1ccc2sc(C(=O)NCCC(C)N)c(C)c2c1. The summed E-state index contributed by atoms with van der Waals surface area (Å²) in [6.45, 7) is 4.51. The first-order valence-corrected chi connectivity index (χ1v) is 7.45. The van der Waals surface area contributed by atoms with Gasteiger partial charge in [-0.3, -0.25) is 4.79 Å². The third kappa shape index (κ3) is 3.11. The Labute approximate surface area is 122 Å². The molecule has 3 N–H and O–H groups in total. The molecule has 0 saturated carbocycles. The van der Waals surface area contributed by atoms with E-state index in [2.05, 4.69) is 5.32 Å². The molecule has 1 aromatic heterocycles. The highest BCUT2D eigenvalue weighted by molar-refractivity contribution is 7.21. The lowest BCUT2D eigenvalue weighted by atomic mass is 10.1. The highest BCUT2D eigenvalue weighted by Crippen LogP contribution is 2.33. The van der Waals surface area contributed by atoms with Crippen LogP contribution in [0.2, 0.25) is 0 Å². The number of carbonyl (C=O) groups is 1. The van der Waals surface area contributed by atoms with Crippen LogP contribution in [-0.4, -0.2) is 25.6 Å². The molecule has 20 heavy (non-hydrogen) atoms. The zero-order chi connectivity index (χ0) is 14.7. The molecule has 1 unspecified atom stereocenters. The Hall–Kier alpha value is -1.59. The zero-order valence-corrected chi connectivity index (χ0v) is 12.8. The number of hydrogen-bond donors (Lipinski definition) is 2. The summed E-state index contributed by atoms with van der Waals surface area (Å²) in [6.07, 6.45) is 0.781. The van der Waals surface area contributed by atoms with E-state index in [-0.39, 0.29) is 11.9 Å². The highest BCUT2D eigenvalue weighted by atomic mass is 32.1. The number of amides is 1. The minimum atomic E-state index is -0.0247. The van der Waals surface area contributed by atoms with Gasteiger partial charge in [-0.2, -0.15) is 0 Å². The summed E-state index contributed by atoms with van der Waals surface area (Å²) >= 11 is 1.51. The van der Waals surface area contributed by atoms with Crippen molar-refractivity contribution >= 4 is 27.3 Å². The molecule has 1 atom stereocenters. The van der Waals surface area contributed by atoms with E-state index in [4.69, 9.17) is 10.5 Å². The fourth-order valence-electron chi connectivity index (χ4n) is 2.04. The average molecular weight is 292 g/mol. The maximum absolute atomic E-state index is 12.2. The van der Waals surface area contributed by atoms with E-state index in [1.54, 1.807) is 7.11 Å². The monoisotopic (exact) mass is 292 g/mol. The van der Waals surface area contributed by atoms with Gasteiger partial charge in [0, 0.05) is 17.3 Å². The molecule has 2 aromatic rings. The zero-order valence-electron chi connectivity index (χ0n) is 12.0. The molecular weight excluding hydrogens is 272 g/mol. The molecule has 0 fully saturated rings. The number of benzene rings is 1. The summed E-state index contributed by atoms with van der Waals surface area (Å²) in [5, 5.41) is 4.00. The van der Waals surface area contributed by atoms with E-state index >= 15 is 0 Å². The molecule has 4 nitrogen and oxygen atoms in total. The van der Waals surface area contributed by atoms with E-state index in [1.165, 1.54) is 11.3 Å². The summed E-state index contributed by atoms with van der Waals surface area (Å²) in [4.78, 5) is 13.0. The molecule has 1 amide bonds. The van der Waals surface area contributed by atoms with Gasteiger partial charge in [-0.25, -0.2) is 0 Å². The predicted molar refractivity (Wildman–Crippen MR) is 83.7 cm³/mol. The predicted octanol–water partition coefficient (Wildman–Crippen LogP) is 2.69. The fourth-order valence-corrected chi connectivity index (χ4v) is 3.14. The number of nitrogens with two attached hydrogens (primary N) is 1. The van der Waals surface area contributed by atoms with Crippen molar-refractivity contribution in [3.05, 3.63) is 28.6 Å². The molecule has 1 aromatic carbocycles. The molecule has 5 heteroatoms. The largest absolute Gasteiger partial charge is 0.497 e. The Kier molecular flexibility index (Phi) is 4.62. The normalized spacial score (nSPS) is 12.4. The molecule has 0 saturated heterocycles. The molecule has 0 aliphatic carbocycles. The highest BCUT2D eigenvalue weighted by Gasteiger charge is 2.15. The fraction of sp³-hybridized carbons (Fsp3) is 0.400. The van der Waals surface area contributed by atoms with Gasteiger partial charge >= 0.3 is 0 Å². The topological polar surface area (TPSA) is 64.3 Å². The van der Waals surface area contributed by atoms with Crippen molar-refractivity contribution in [3.63, 3.8) is 0 Å². The number of ether oxygens (including phenoxy) is 1. The van der Waals surface area contributed by atoms with Gasteiger partial charge in [0.1, 0.15) is 5.75 Å². The van der Waals surface area contributed by atoms with Crippen LogP contribution in [0.25, 0.3) is 10.1 Å². The summed E-state index contributed by atoms with van der Waals surface area (Å²) in [6, 6.07) is 5.98. The van der Waals surface area contributed by atoms with Crippen molar-refractivity contribution in [2.45, 2.75) is 26.3 Å². The number of carbonyl (C=O) groups excluding carboxylic acids is 1. The van der Waals surface area contributed by atoms with Crippen LogP contribution in [0.3, 0.4) is 0 Å². The maximum atomic E-state index is 12.2. The van der Waals surface area contributed by atoms with Gasteiger partial charge < -0.3 is 15.8 Å². The summed E-state index contributed by atoms with van der Waals surface area (Å²) < 4.78 is 6.33. The van der Waals surface area contributed by atoms with E-state index in [0.29, 0.717) is 6.54 Å². The Morgan fingerprint density at radius 3 is 2.90 bits per heavy atom. The van der Waals surface area contributed by atoms with Crippen molar-refractivity contribution in [1.29, 1.82) is 0 Å². The van der Waals surface area contributed by atoms with Gasteiger partial charge in [0.25, 0.3) is 5.91 Å². The van der Waals surface area contributed by atoms with Gasteiger partial charge in [-0.1, -0.05) is 0 Å². The summed E-state index contributed by atoms with van der Waals surface area (Å²) in [5.74, 6) is 0.783. The van der Waals surface area contributed by atoms with E-state index in [0.717, 1.165) is 32.7 Å². The second kappa shape index (κ2) is 6.24. The van der Waals surface area contributed by atoms with Gasteiger partial charge in [0.05, 0.1) is 12.0 Å². The third-order valence-corrected chi connectivity index (χ3v) is 4.51. The number of thiophene rings is 1. The van der Waals surface area contributed by atoms with Crippen molar-refractivity contribution in [3.8, 4) is 5.75 Å². The molecule has 0 bridgehead atoms. The molecule has 0 aliphatic heterocycles. The van der Waals surface area contributed by atoms with E-state index in [1.807, 2.05) is 32.0 Å². The molecule has 1 heterocycles. The second-order valence-corrected chi connectivity index (χ2v) is 5.99. The Balaban J connectivity index is 2.21. The number of nitrogens with one attached hydrogen (secondary N) is 1. The standard InChI is InChI=1S/C15H20N2O2S/c1-9(16)6-7-17-15(18)14-10(2)12-8-11(19-3)4-5-13(12)20-14/h4-5,8-9H,6-7,16H2,1-3H3,(H,17,18). The lowest BCUT2D eigenvalue weighted by Crippen LogP contribution is -2.28. The van der Waals surface area contributed by atoms with Gasteiger partial charge in [0.2, 0.25) is 0 Å². The van der Waals surface area contributed by atoms with E-state index < -0.39 is 0 Å². The molecular formula is C15H20N2O2S. The van der Waals surface area contributed by atoms with Crippen molar-refractivity contribution in [2.24, 2.45) is 5.73 Å². The average Bonchev–Trinajstić information content (AvgIpc) is 2.75. The first-order valence-electron chi connectivity index (χ1n) is 6.64. The van der Waals surface area contributed by atoms with Gasteiger partial charge in [-0.05, 0) is 49.4 Å². The Morgan fingerprint density at radius 1 is 1.50 bits per heavy atom. The number of rotatable bonds is 5. The first kappa shape index (κ1) is 14.8. The number of fused-ring (bicyclic) bond motifs is 1. The summed E-state index contributed by atoms with van der Waals surface area (Å²) in [7, 11) is 1.64. The van der Waals surface area contributed by atoms with Crippen molar-refractivity contribution < 1.29 is 9.53 Å². The molecule has 108 valence electrons. The first-order chi connectivity index (χ1) is 9.52. The minimum absolute atomic E-state index is 0.0247. The smallest absolute Gasteiger partial charge is 0.261 e. The number of methoxy groups -OCH3 is 1. The summed E-state index contributed by atoms with van der Waals surface area (Å²) in [5.41, 5.74) is 6.68. The number of hydrogen-bond acceptors (Lipinski definition) is 4.